The lowest BCUT2D eigenvalue weighted by Crippen LogP contribution is -2.30. The van der Waals surface area contributed by atoms with Crippen LogP contribution in [0.4, 0.5) is 0 Å². The van der Waals surface area contributed by atoms with Crippen LogP contribution in [0, 0.1) is 0 Å². The van der Waals surface area contributed by atoms with Crippen LogP contribution in [-0.2, 0) is 0 Å². The normalized spacial score (nSPS) is 14.7. The van der Waals surface area contributed by atoms with Crippen molar-refractivity contribution in [2.24, 2.45) is 0 Å². The number of H-pyrrole nitrogens is 1. The van der Waals surface area contributed by atoms with E-state index in [0.29, 0.717) is 26.4 Å². The zero-order valence-electron chi connectivity index (χ0n) is 17.7. The van der Waals surface area contributed by atoms with E-state index in [2.05, 4.69) is 31.2 Å². The van der Waals surface area contributed by atoms with Gasteiger partial charge in [0.1, 0.15) is 5.82 Å². The van der Waals surface area contributed by atoms with Gasteiger partial charge in [0, 0.05) is 28.1 Å². The number of carbonyl (C=O) groups excluding carboxylic acids is 2. The smallest absolute Gasteiger partial charge is 0.254 e. The molecule has 0 unspecified atom stereocenters. The maximum Gasteiger partial charge on any atom is 0.254 e. The van der Waals surface area contributed by atoms with Crippen LogP contribution in [0.2, 0.25) is 5.02 Å². The minimum Gasteiger partial charge on any atom is -0.342 e. The highest BCUT2D eigenvalue weighted by atomic mass is 79.9. The van der Waals surface area contributed by atoms with Gasteiger partial charge in [-0.25, -0.2) is 4.98 Å². The second-order valence-corrected chi connectivity index (χ2v) is 10.1. The van der Waals surface area contributed by atoms with Gasteiger partial charge in [0.05, 0.1) is 22.6 Å². The number of rotatable bonds is 7. The number of hydrogen-bond donors (Lipinski definition) is 2. The van der Waals surface area contributed by atoms with Gasteiger partial charge in [0.2, 0.25) is 0 Å². The number of hydrogen-bond acceptors (Lipinski definition) is 4. The fraction of sp³-hybridized carbons (Fsp3) is 0.348. The highest BCUT2D eigenvalue weighted by molar-refractivity contribution is 9.10. The Labute approximate surface area is 204 Å². The molecule has 2 aromatic carbocycles. The molecule has 168 valence electrons. The number of likely N-dealkylation sites (tertiary alicyclic amines) is 1. The molecular formula is C23H24BrClN4O2S. The molecular weight excluding hydrogens is 512 g/mol. The number of benzene rings is 2. The second-order valence-electron chi connectivity index (χ2n) is 7.78. The largest absolute Gasteiger partial charge is 0.342 e. The van der Waals surface area contributed by atoms with Gasteiger partial charge in [0.15, 0.2) is 0 Å². The summed E-state index contributed by atoms with van der Waals surface area (Å²) in [5.41, 5.74) is 2.71. The van der Waals surface area contributed by atoms with Crippen molar-refractivity contribution in [3.8, 4) is 0 Å². The van der Waals surface area contributed by atoms with Crippen molar-refractivity contribution in [3.05, 3.63) is 62.8 Å². The number of aromatic amines is 1. The first-order valence-electron chi connectivity index (χ1n) is 10.5. The van der Waals surface area contributed by atoms with Gasteiger partial charge in [-0.3, -0.25) is 9.59 Å². The number of aromatic nitrogens is 2. The Morgan fingerprint density at radius 3 is 2.75 bits per heavy atom. The first kappa shape index (κ1) is 23.1. The molecule has 2 heterocycles. The molecule has 3 aromatic rings. The molecule has 1 saturated heterocycles. The molecule has 0 saturated carbocycles. The monoisotopic (exact) mass is 534 g/mol. The Morgan fingerprint density at radius 1 is 1.25 bits per heavy atom. The third-order valence-corrected chi connectivity index (χ3v) is 7.10. The second kappa shape index (κ2) is 10.3. The summed E-state index contributed by atoms with van der Waals surface area (Å²) in [5, 5.41) is 3.73. The van der Waals surface area contributed by atoms with E-state index >= 15 is 0 Å². The van der Waals surface area contributed by atoms with Gasteiger partial charge >= 0.3 is 0 Å². The highest BCUT2D eigenvalue weighted by Gasteiger charge is 2.23. The van der Waals surface area contributed by atoms with E-state index in [0.717, 1.165) is 49.1 Å². The quantitative estimate of drug-likeness (QED) is 0.422. The zero-order chi connectivity index (χ0) is 22.7. The average Bonchev–Trinajstić information content (AvgIpc) is 3.45. The number of thioether (sulfide) groups is 1. The van der Waals surface area contributed by atoms with Gasteiger partial charge in [-0.1, -0.05) is 11.6 Å². The summed E-state index contributed by atoms with van der Waals surface area (Å²) in [4.78, 5) is 35.6. The van der Waals surface area contributed by atoms with Crippen molar-refractivity contribution in [1.82, 2.24) is 20.2 Å². The fourth-order valence-corrected chi connectivity index (χ4v) is 5.03. The molecule has 1 fully saturated rings. The molecule has 6 nitrogen and oxygen atoms in total. The summed E-state index contributed by atoms with van der Waals surface area (Å²) in [6, 6.07) is 10.3. The lowest BCUT2D eigenvalue weighted by atomic mass is 10.1. The van der Waals surface area contributed by atoms with Gasteiger partial charge in [-0.2, -0.15) is 11.8 Å². The summed E-state index contributed by atoms with van der Waals surface area (Å²) >= 11 is 11.3. The first-order valence-corrected chi connectivity index (χ1v) is 13.1. The Morgan fingerprint density at radius 2 is 2.03 bits per heavy atom. The fourth-order valence-electron chi connectivity index (χ4n) is 3.84. The highest BCUT2D eigenvalue weighted by Crippen LogP contribution is 2.25. The molecule has 1 aromatic heterocycles. The van der Waals surface area contributed by atoms with Crippen LogP contribution in [0.3, 0.4) is 0 Å². The van der Waals surface area contributed by atoms with E-state index < -0.39 is 0 Å². The van der Waals surface area contributed by atoms with Crippen molar-refractivity contribution in [1.29, 1.82) is 0 Å². The summed E-state index contributed by atoms with van der Waals surface area (Å²) in [5.74, 6) is 1.36. The molecule has 0 radical (unpaired) electrons. The van der Waals surface area contributed by atoms with Crippen LogP contribution in [0.25, 0.3) is 11.0 Å². The maximum absolute atomic E-state index is 13.1. The van der Waals surface area contributed by atoms with Gasteiger partial charge in [-0.05, 0) is 83.6 Å². The first-order chi connectivity index (χ1) is 15.5. The third-order valence-electron chi connectivity index (χ3n) is 5.56. The van der Waals surface area contributed by atoms with E-state index in [1.165, 1.54) is 0 Å². The molecule has 0 bridgehead atoms. The van der Waals surface area contributed by atoms with Gasteiger partial charge in [-0.15, -0.1) is 0 Å². The number of fused-ring (bicyclic) bond motifs is 1. The predicted octanol–water partition coefficient (Wildman–Crippen LogP) is 5.44. The van der Waals surface area contributed by atoms with Crippen LogP contribution in [0.5, 0.6) is 0 Å². The third kappa shape index (κ3) is 5.13. The molecule has 9 heteroatoms. The maximum atomic E-state index is 13.1. The Hall–Kier alpha value is -2.03. The minimum atomic E-state index is -0.272. The summed E-state index contributed by atoms with van der Waals surface area (Å²) in [6.07, 6.45) is 4.84. The lowest BCUT2D eigenvalue weighted by molar-refractivity contribution is 0.0791. The van der Waals surface area contributed by atoms with E-state index in [-0.39, 0.29) is 17.9 Å². The number of nitrogens with one attached hydrogen (secondary N) is 2. The standard InChI is InChI=1S/C23H24BrClN4O2S/c1-32-11-8-19(21-26-18-7-5-15(25)13-20(18)27-21)28-22(30)14-4-6-16(17(24)12-14)23(31)29-9-2-3-10-29/h4-7,12-13,19H,2-3,8-11H2,1H3,(H,26,27)(H,28,30)/t19-/m0/s1. The molecule has 1 aliphatic heterocycles. The van der Waals surface area contributed by atoms with Crippen molar-refractivity contribution in [2.45, 2.75) is 25.3 Å². The number of nitrogens with zero attached hydrogens (tertiary/aromatic N) is 2. The topological polar surface area (TPSA) is 78.1 Å². The predicted molar refractivity (Wildman–Crippen MR) is 134 cm³/mol. The molecule has 32 heavy (non-hydrogen) atoms. The number of carbonyl (C=O) groups is 2. The Kier molecular flexibility index (Phi) is 7.43. The van der Waals surface area contributed by atoms with Crippen molar-refractivity contribution < 1.29 is 9.59 Å². The average molecular weight is 536 g/mol. The molecule has 1 aliphatic rings. The van der Waals surface area contributed by atoms with Crippen LogP contribution in [0.15, 0.2) is 40.9 Å². The number of halogens is 2. The summed E-state index contributed by atoms with van der Waals surface area (Å²) in [6.45, 7) is 1.57. The molecule has 4 rings (SSSR count). The van der Waals surface area contributed by atoms with Crippen LogP contribution in [-0.4, -0.2) is 51.8 Å². The van der Waals surface area contributed by atoms with E-state index in [9.17, 15) is 9.59 Å². The summed E-state index contributed by atoms with van der Waals surface area (Å²) < 4.78 is 0.626. The zero-order valence-corrected chi connectivity index (χ0v) is 20.8. The Balaban J connectivity index is 1.53. The number of imidazole rings is 1. The van der Waals surface area contributed by atoms with E-state index in [1.54, 1.807) is 36.0 Å². The Bertz CT molecular complexity index is 1150. The minimum absolute atomic E-state index is 0.000108. The van der Waals surface area contributed by atoms with Crippen molar-refractivity contribution in [2.75, 3.05) is 25.1 Å². The molecule has 0 aliphatic carbocycles. The molecule has 2 N–H and O–H groups in total. The van der Waals surface area contributed by atoms with Gasteiger partial charge in [0.25, 0.3) is 11.8 Å². The summed E-state index contributed by atoms with van der Waals surface area (Å²) in [7, 11) is 0. The van der Waals surface area contributed by atoms with Crippen LogP contribution in [0.1, 0.15) is 51.8 Å². The molecule has 2 amide bonds. The lowest BCUT2D eigenvalue weighted by Gasteiger charge is -2.18. The van der Waals surface area contributed by atoms with Crippen molar-refractivity contribution in [3.63, 3.8) is 0 Å². The van der Waals surface area contributed by atoms with Crippen LogP contribution >= 0.6 is 39.3 Å². The SMILES string of the molecule is CSCC[C@H](NC(=O)c1ccc(C(=O)N2CCCC2)c(Br)c1)c1nc2ccc(Cl)cc2[nH]1. The van der Waals surface area contributed by atoms with Crippen LogP contribution < -0.4 is 5.32 Å². The van der Waals surface area contributed by atoms with E-state index in [4.69, 9.17) is 11.6 Å². The molecule has 0 spiro atoms. The van der Waals surface area contributed by atoms with Gasteiger partial charge < -0.3 is 15.2 Å². The molecule has 1 atom stereocenters. The van der Waals surface area contributed by atoms with Crippen molar-refractivity contribution >= 4 is 62.1 Å². The van der Waals surface area contributed by atoms with E-state index in [1.807, 2.05) is 23.3 Å². The number of amides is 2.